The summed E-state index contributed by atoms with van der Waals surface area (Å²) in [5.41, 5.74) is 3.39. The minimum Gasteiger partial charge on any atom is -0.269 e. The molecule has 0 atom stereocenters. The maximum absolute atomic E-state index is 12.2. The number of rotatable bonds is 3. The quantitative estimate of drug-likeness (QED) is 0.572. The van der Waals surface area contributed by atoms with Gasteiger partial charge in [-0.15, -0.1) is 0 Å². The van der Waals surface area contributed by atoms with Crippen LogP contribution in [0, 0.1) is 6.92 Å². The van der Waals surface area contributed by atoms with E-state index in [0.29, 0.717) is 17.0 Å². The lowest BCUT2D eigenvalue weighted by molar-refractivity contribution is 0.630. The van der Waals surface area contributed by atoms with Crippen molar-refractivity contribution in [2.24, 2.45) is 0 Å². The molecule has 0 radical (unpaired) electrons. The Hall–Kier alpha value is -3.54. The summed E-state index contributed by atoms with van der Waals surface area (Å²) in [5, 5.41) is 4.43. The fourth-order valence-corrected chi connectivity index (χ4v) is 2.78. The van der Waals surface area contributed by atoms with Crippen LogP contribution in [-0.2, 0) is 6.54 Å². The van der Waals surface area contributed by atoms with Gasteiger partial charge in [0.2, 0.25) is 0 Å². The molecule has 1 aromatic carbocycles. The van der Waals surface area contributed by atoms with Gasteiger partial charge in [0.25, 0.3) is 11.1 Å². The van der Waals surface area contributed by atoms with E-state index < -0.39 is 0 Å². The lowest BCUT2D eigenvalue weighted by Crippen LogP contribution is -2.25. The first-order valence-electron chi connectivity index (χ1n) is 8.23. The largest absolute Gasteiger partial charge is 0.269 e. The Bertz CT molecular complexity index is 1210. The zero-order valence-electron chi connectivity index (χ0n) is 14.2. The molecule has 0 saturated heterocycles. The molecule has 3 aromatic heterocycles. The minimum absolute atomic E-state index is 0.138. The summed E-state index contributed by atoms with van der Waals surface area (Å²) < 4.78 is 2.79. The molecule has 6 nitrogen and oxygen atoms in total. The van der Waals surface area contributed by atoms with Crippen molar-refractivity contribution in [3.05, 3.63) is 98.8 Å². The molecule has 4 aromatic rings. The van der Waals surface area contributed by atoms with Crippen molar-refractivity contribution in [2.75, 3.05) is 0 Å². The lowest BCUT2D eigenvalue weighted by atomic mass is 10.1. The van der Waals surface area contributed by atoms with E-state index in [1.54, 1.807) is 24.4 Å². The first kappa shape index (κ1) is 16.0. The van der Waals surface area contributed by atoms with Crippen molar-refractivity contribution in [1.29, 1.82) is 0 Å². The monoisotopic (exact) mass is 344 g/mol. The molecule has 4 rings (SSSR count). The van der Waals surface area contributed by atoms with Crippen LogP contribution in [0.25, 0.3) is 16.9 Å². The molecule has 128 valence electrons. The van der Waals surface area contributed by atoms with Gasteiger partial charge in [0.05, 0.1) is 17.9 Å². The average molecular weight is 344 g/mol. The predicted molar refractivity (Wildman–Crippen MR) is 99.2 cm³/mol. The molecule has 0 bridgehead atoms. The highest BCUT2D eigenvalue weighted by Crippen LogP contribution is 2.16. The van der Waals surface area contributed by atoms with Crippen molar-refractivity contribution in [3.63, 3.8) is 0 Å². The van der Waals surface area contributed by atoms with E-state index in [4.69, 9.17) is 0 Å². The smallest absolute Gasteiger partial charge is 0.267 e. The number of aryl methyl sites for hydroxylation is 1. The van der Waals surface area contributed by atoms with Gasteiger partial charge in [-0.25, -0.2) is 9.67 Å². The van der Waals surface area contributed by atoms with Gasteiger partial charge in [-0.2, -0.15) is 5.10 Å². The molecule has 6 heteroatoms. The van der Waals surface area contributed by atoms with Gasteiger partial charge in [0.1, 0.15) is 5.65 Å². The Kier molecular flexibility index (Phi) is 3.93. The van der Waals surface area contributed by atoms with Crippen molar-refractivity contribution < 1.29 is 0 Å². The maximum Gasteiger partial charge on any atom is 0.267 e. The van der Waals surface area contributed by atoms with E-state index in [0.717, 1.165) is 11.1 Å². The fraction of sp³-hybridized carbons (Fsp3) is 0.100. The first-order chi connectivity index (χ1) is 12.6. The summed E-state index contributed by atoms with van der Waals surface area (Å²) >= 11 is 0. The van der Waals surface area contributed by atoms with Crippen molar-refractivity contribution >= 4 is 5.65 Å². The normalized spacial score (nSPS) is 11.0. The summed E-state index contributed by atoms with van der Waals surface area (Å²) in [7, 11) is 0. The zero-order valence-corrected chi connectivity index (χ0v) is 14.2. The van der Waals surface area contributed by atoms with Gasteiger partial charge in [-0.05, 0) is 25.1 Å². The van der Waals surface area contributed by atoms with Gasteiger partial charge < -0.3 is 0 Å². The number of benzene rings is 1. The standard InChI is InChI=1S/C20H16N4O2/c1-14-5-7-15(8-6-14)17-9-10-19(25)24(22-17)13-16-12-20(26)23-11-3-2-4-18(23)21-16/h2-12H,13H2,1H3. The highest BCUT2D eigenvalue weighted by atomic mass is 16.1. The summed E-state index contributed by atoms with van der Waals surface area (Å²) in [6.07, 6.45) is 1.66. The SMILES string of the molecule is Cc1ccc(-c2ccc(=O)n(Cc3cc(=O)n4ccccc4n3)n2)cc1. The van der Waals surface area contributed by atoms with E-state index >= 15 is 0 Å². The lowest BCUT2D eigenvalue weighted by Gasteiger charge is -2.08. The Labute approximate surface area is 149 Å². The molecular formula is C20H16N4O2. The van der Waals surface area contributed by atoms with E-state index in [-0.39, 0.29) is 17.7 Å². The summed E-state index contributed by atoms with van der Waals surface area (Å²) in [5.74, 6) is 0. The van der Waals surface area contributed by atoms with Crippen molar-refractivity contribution in [2.45, 2.75) is 13.5 Å². The van der Waals surface area contributed by atoms with Crippen LogP contribution >= 0.6 is 0 Å². The Morgan fingerprint density at radius 1 is 0.923 bits per heavy atom. The van der Waals surface area contributed by atoms with Crippen LogP contribution in [0.4, 0.5) is 0 Å². The molecule has 0 aliphatic rings. The second-order valence-corrected chi connectivity index (χ2v) is 6.10. The molecule has 0 aliphatic heterocycles. The molecule has 0 fully saturated rings. The molecular weight excluding hydrogens is 328 g/mol. The number of hydrogen-bond acceptors (Lipinski definition) is 4. The minimum atomic E-state index is -0.240. The van der Waals surface area contributed by atoms with E-state index in [2.05, 4.69) is 10.1 Å². The Balaban J connectivity index is 1.74. The van der Waals surface area contributed by atoms with Crippen LogP contribution in [0.5, 0.6) is 0 Å². The molecule has 0 N–H and O–H groups in total. The number of hydrogen-bond donors (Lipinski definition) is 0. The number of aromatic nitrogens is 4. The van der Waals surface area contributed by atoms with Crippen LogP contribution in [-0.4, -0.2) is 19.2 Å². The second kappa shape index (κ2) is 6.40. The number of fused-ring (bicyclic) bond motifs is 1. The van der Waals surface area contributed by atoms with Crippen LogP contribution in [0.2, 0.25) is 0 Å². The topological polar surface area (TPSA) is 69.3 Å². The molecule has 0 spiro atoms. The van der Waals surface area contributed by atoms with Crippen molar-refractivity contribution in [1.82, 2.24) is 19.2 Å². The van der Waals surface area contributed by atoms with Crippen LogP contribution in [0.1, 0.15) is 11.3 Å². The maximum atomic E-state index is 12.2. The van der Waals surface area contributed by atoms with Gasteiger partial charge >= 0.3 is 0 Å². The van der Waals surface area contributed by atoms with Gasteiger partial charge in [0.15, 0.2) is 0 Å². The summed E-state index contributed by atoms with van der Waals surface area (Å²) in [4.78, 5) is 28.9. The van der Waals surface area contributed by atoms with Gasteiger partial charge in [-0.3, -0.25) is 14.0 Å². The molecule has 26 heavy (non-hydrogen) atoms. The van der Waals surface area contributed by atoms with E-state index in [1.807, 2.05) is 37.3 Å². The first-order valence-corrected chi connectivity index (χ1v) is 8.23. The van der Waals surface area contributed by atoms with Crippen LogP contribution < -0.4 is 11.1 Å². The fourth-order valence-electron chi connectivity index (χ4n) is 2.78. The molecule has 0 amide bonds. The highest BCUT2D eigenvalue weighted by molar-refractivity contribution is 5.58. The third kappa shape index (κ3) is 3.04. The van der Waals surface area contributed by atoms with Gasteiger partial charge in [-0.1, -0.05) is 35.9 Å². The highest BCUT2D eigenvalue weighted by Gasteiger charge is 2.07. The predicted octanol–water partition coefficient (Wildman–Crippen LogP) is 2.27. The zero-order chi connectivity index (χ0) is 18.1. The van der Waals surface area contributed by atoms with E-state index in [1.165, 1.54) is 21.2 Å². The van der Waals surface area contributed by atoms with Crippen LogP contribution in [0.15, 0.2) is 76.4 Å². The molecule has 0 aliphatic carbocycles. The summed E-state index contributed by atoms with van der Waals surface area (Å²) in [6, 6.07) is 17.9. The number of pyridine rings is 1. The number of nitrogens with zero attached hydrogens (tertiary/aromatic N) is 4. The summed E-state index contributed by atoms with van der Waals surface area (Å²) in [6.45, 7) is 2.15. The average Bonchev–Trinajstić information content (AvgIpc) is 2.64. The van der Waals surface area contributed by atoms with Crippen LogP contribution in [0.3, 0.4) is 0 Å². The third-order valence-corrected chi connectivity index (χ3v) is 4.15. The Morgan fingerprint density at radius 2 is 1.73 bits per heavy atom. The van der Waals surface area contributed by atoms with Gasteiger partial charge in [0, 0.05) is 23.9 Å². The third-order valence-electron chi connectivity index (χ3n) is 4.15. The Morgan fingerprint density at radius 3 is 2.54 bits per heavy atom. The second-order valence-electron chi connectivity index (χ2n) is 6.10. The molecule has 0 unspecified atom stereocenters. The van der Waals surface area contributed by atoms with Crippen molar-refractivity contribution in [3.8, 4) is 11.3 Å². The molecule has 0 saturated carbocycles. The molecule has 3 heterocycles. The van der Waals surface area contributed by atoms with E-state index in [9.17, 15) is 9.59 Å².